The summed E-state index contributed by atoms with van der Waals surface area (Å²) in [6.07, 6.45) is -0.511. The van der Waals surface area contributed by atoms with Gasteiger partial charge in [0.25, 0.3) is 5.56 Å². The molecule has 0 unspecified atom stereocenters. The quantitative estimate of drug-likeness (QED) is 0.639. The van der Waals surface area contributed by atoms with E-state index in [4.69, 9.17) is 5.11 Å². The van der Waals surface area contributed by atoms with E-state index in [0.717, 1.165) is 9.13 Å². The molecule has 0 bridgehead atoms. The van der Waals surface area contributed by atoms with Crippen LogP contribution >= 0.6 is 0 Å². The summed E-state index contributed by atoms with van der Waals surface area (Å²) < 4.78 is 1.81. The number of carboxylic acid groups (broad SMARTS) is 1. The van der Waals surface area contributed by atoms with E-state index in [9.17, 15) is 19.2 Å². The fraction of sp³-hybridized carbons (Fsp3) is 0.300. The molecule has 1 aromatic rings. The lowest BCUT2D eigenvalue weighted by Crippen LogP contribution is -2.41. The highest BCUT2D eigenvalue weighted by atomic mass is 16.4. The maximum atomic E-state index is 11.9. The second kappa shape index (κ2) is 4.19. The number of hydrazone groups is 1. The SMILES string of the molecule is Cn1c2c(c(=O)n(C)c1=O)C(=O)CC(C(=O)O)=NN2. The largest absolute Gasteiger partial charge is 0.477 e. The minimum absolute atomic E-state index is 0.102. The number of anilines is 1. The molecule has 19 heavy (non-hydrogen) atoms. The maximum Gasteiger partial charge on any atom is 0.352 e. The van der Waals surface area contributed by atoms with Crippen LogP contribution < -0.4 is 16.7 Å². The van der Waals surface area contributed by atoms with Gasteiger partial charge in [-0.05, 0) is 0 Å². The number of carboxylic acids is 1. The minimum Gasteiger partial charge on any atom is -0.477 e. The molecule has 0 spiro atoms. The lowest BCUT2D eigenvalue weighted by molar-refractivity contribution is -0.129. The molecule has 2 N–H and O–H groups in total. The van der Waals surface area contributed by atoms with E-state index in [2.05, 4.69) is 10.5 Å². The molecule has 9 nitrogen and oxygen atoms in total. The second-order valence-corrected chi connectivity index (χ2v) is 4.00. The molecule has 0 amide bonds. The molecule has 9 heteroatoms. The Morgan fingerprint density at radius 1 is 1.26 bits per heavy atom. The molecule has 1 aromatic heterocycles. The minimum atomic E-state index is -1.37. The van der Waals surface area contributed by atoms with Gasteiger partial charge in [0.05, 0.1) is 6.42 Å². The normalized spacial score (nSPS) is 14.2. The van der Waals surface area contributed by atoms with Crippen molar-refractivity contribution in [3.8, 4) is 0 Å². The molecular formula is C10H10N4O5. The van der Waals surface area contributed by atoms with E-state index >= 15 is 0 Å². The smallest absolute Gasteiger partial charge is 0.352 e. The van der Waals surface area contributed by atoms with E-state index < -0.39 is 35.1 Å². The Bertz CT molecular complexity index is 740. The van der Waals surface area contributed by atoms with Crippen molar-refractivity contribution in [2.24, 2.45) is 19.2 Å². The third-order valence-corrected chi connectivity index (χ3v) is 2.82. The molecule has 2 heterocycles. The van der Waals surface area contributed by atoms with Crippen molar-refractivity contribution in [2.75, 3.05) is 5.43 Å². The number of aliphatic carboxylic acids is 1. The number of aromatic nitrogens is 2. The number of ketones is 1. The molecule has 1 aliphatic rings. The van der Waals surface area contributed by atoms with E-state index in [1.54, 1.807) is 0 Å². The second-order valence-electron chi connectivity index (χ2n) is 4.00. The van der Waals surface area contributed by atoms with Crippen LogP contribution in [-0.2, 0) is 18.9 Å². The Labute approximate surface area is 105 Å². The topological polar surface area (TPSA) is 123 Å². The Morgan fingerprint density at radius 2 is 1.89 bits per heavy atom. The summed E-state index contributed by atoms with van der Waals surface area (Å²) in [5, 5.41) is 12.4. The summed E-state index contributed by atoms with van der Waals surface area (Å²) in [7, 11) is 2.59. The predicted octanol–water partition coefficient (Wildman–Crippen LogP) is -1.48. The monoisotopic (exact) mass is 266 g/mol. The van der Waals surface area contributed by atoms with Crippen molar-refractivity contribution in [1.82, 2.24) is 9.13 Å². The molecule has 0 fully saturated rings. The maximum absolute atomic E-state index is 11.9. The zero-order valence-electron chi connectivity index (χ0n) is 10.1. The van der Waals surface area contributed by atoms with Gasteiger partial charge in [0.2, 0.25) is 0 Å². The molecule has 1 aliphatic heterocycles. The van der Waals surface area contributed by atoms with E-state index in [-0.39, 0.29) is 11.4 Å². The highest BCUT2D eigenvalue weighted by Gasteiger charge is 2.27. The van der Waals surface area contributed by atoms with Crippen molar-refractivity contribution in [3.05, 3.63) is 26.4 Å². The van der Waals surface area contributed by atoms with Gasteiger partial charge in [-0.2, -0.15) is 5.10 Å². The first-order chi connectivity index (χ1) is 8.84. The lowest BCUT2D eigenvalue weighted by Gasteiger charge is -2.11. The first-order valence-corrected chi connectivity index (χ1v) is 5.23. The van der Waals surface area contributed by atoms with Crippen LogP contribution in [0.4, 0.5) is 5.82 Å². The zero-order chi connectivity index (χ0) is 14.3. The molecule has 0 atom stereocenters. The number of rotatable bonds is 1. The van der Waals surface area contributed by atoms with Gasteiger partial charge in [-0.25, -0.2) is 9.59 Å². The van der Waals surface area contributed by atoms with Crippen LogP contribution in [0.2, 0.25) is 0 Å². The van der Waals surface area contributed by atoms with Gasteiger partial charge in [0, 0.05) is 14.1 Å². The van der Waals surface area contributed by atoms with Crippen LogP contribution in [-0.4, -0.2) is 31.7 Å². The summed E-state index contributed by atoms with van der Waals surface area (Å²) in [4.78, 5) is 46.4. The van der Waals surface area contributed by atoms with Gasteiger partial charge in [0.15, 0.2) is 11.5 Å². The van der Waals surface area contributed by atoms with Gasteiger partial charge in [-0.3, -0.25) is 24.1 Å². The summed E-state index contributed by atoms with van der Waals surface area (Å²) in [6.45, 7) is 0. The predicted molar refractivity (Wildman–Crippen MR) is 64.6 cm³/mol. The Hall–Kier alpha value is -2.71. The number of Topliss-reactive ketones (excluding diaryl/α,β-unsaturated/α-hetero) is 1. The van der Waals surface area contributed by atoms with Crippen LogP contribution in [0.25, 0.3) is 0 Å². The Kier molecular flexibility index (Phi) is 2.81. The first-order valence-electron chi connectivity index (χ1n) is 5.23. The van der Waals surface area contributed by atoms with Crippen molar-refractivity contribution in [2.45, 2.75) is 6.42 Å². The standard InChI is InChI=1S/C10H10N4O5/c1-13-7-6(8(16)14(2)10(13)19)5(15)3-4(9(17)18)11-12-7/h12H,3H2,1-2H3,(H,17,18). The fourth-order valence-corrected chi connectivity index (χ4v) is 1.75. The summed E-state index contributed by atoms with van der Waals surface area (Å²) in [5.74, 6) is -2.16. The number of nitrogens with one attached hydrogen (secondary N) is 1. The Balaban J connectivity index is 2.76. The Morgan fingerprint density at radius 3 is 2.47 bits per heavy atom. The van der Waals surface area contributed by atoms with Crippen LogP contribution in [0.5, 0.6) is 0 Å². The fourth-order valence-electron chi connectivity index (χ4n) is 1.75. The van der Waals surface area contributed by atoms with Crippen LogP contribution in [0.1, 0.15) is 16.8 Å². The van der Waals surface area contributed by atoms with Gasteiger partial charge >= 0.3 is 11.7 Å². The van der Waals surface area contributed by atoms with E-state index in [1.165, 1.54) is 14.1 Å². The third kappa shape index (κ3) is 1.84. The molecule has 100 valence electrons. The molecule has 0 saturated carbocycles. The molecule has 2 rings (SSSR count). The van der Waals surface area contributed by atoms with Crippen LogP contribution in [0.15, 0.2) is 14.7 Å². The van der Waals surface area contributed by atoms with E-state index in [1.807, 2.05) is 0 Å². The van der Waals surface area contributed by atoms with Crippen molar-refractivity contribution in [1.29, 1.82) is 0 Å². The molecule has 0 aliphatic carbocycles. The van der Waals surface area contributed by atoms with Crippen LogP contribution in [0, 0.1) is 0 Å². The highest BCUT2D eigenvalue weighted by Crippen LogP contribution is 2.15. The van der Waals surface area contributed by atoms with Gasteiger partial charge in [-0.15, -0.1) is 0 Å². The number of hydrogen-bond acceptors (Lipinski definition) is 6. The lowest BCUT2D eigenvalue weighted by atomic mass is 10.1. The van der Waals surface area contributed by atoms with Crippen molar-refractivity contribution < 1.29 is 14.7 Å². The first kappa shape index (κ1) is 12.7. The number of fused-ring (bicyclic) bond motifs is 1. The van der Waals surface area contributed by atoms with Crippen LogP contribution in [0.3, 0.4) is 0 Å². The zero-order valence-corrected chi connectivity index (χ0v) is 10.1. The van der Waals surface area contributed by atoms with Crippen molar-refractivity contribution in [3.63, 3.8) is 0 Å². The molecule has 0 aromatic carbocycles. The summed E-state index contributed by atoms with van der Waals surface area (Å²) >= 11 is 0. The average molecular weight is 266 g/mol. The van der Waals surface area contributed by atoms with Gasteiger partial charge < -0.3 is 5.11 Å². The highest BCUT2D eigenvalue weighted by molar-refractivity contribution is 6.40. The van der Waals surface area contributed by atoms with Gasteiger partial charge in [0.1, 0.15) is 11.4 Å². The average Bonchev–Trinajstić information content (AvgIpc) is 2.53. The van der Waals surface area contributed by atoms with E-state index in [0.29, 0.717) is 0 Å². The molecule has 0 radical (unpaired) electrons. The summed E-state index contributed by atoms with van der Waals surface area (Å²) in [6, 6.07) is 0. The molecular weight excluding hydrogens is 256 g/mol. The number of carbonyl (C=O) groups excluding carboxylic acids is 1. The number of carbonyl (C=O) groups is 2. The third-order valence-electron chi connectivity index (χ3n) is 2.82. The summed E-state index contributed by atoms with van der Waals surface area (Å²) in [5.41, 5.74) is 0.185. The van der Waals surface area contributed by atoms with Crippen molar-refractivity contribution >= 4 is 23.3 Å². The molecule has 0 saturated heterocycles. The number of nitrogens with zero attached hydrogens (tertiary/aromatic N) is 3. The van der Waals surface area contributed by atoms with Gasteiger partial charge in [-0.1, -0.05) is 0 Å². The number of hydrogen-bond donors (Lipinski definition) is 2.